The predicted octanol–water partition coefficient (Wildman–Crippen LogP) is 0.0877. The summed E-state index contributed by atoms with van der Waals surface area (Å²) in [5.74, 6) is -1.27. The van der Waals surface area contributed by atoms with Gasteiger partial charge in [-0.1, -0.05) is 11.6 Å². The quantitative estimate of drug-likeness (QED) is 0.584. The number of halogens is 1. The molecule has 0 heterocycles. The Balaban J connectivity index is 2.78. The van der Waals surface area contributed by atoms with Crippen LogP contribution in [0.25, 0.3) is 0 Å². The lowest BCUT2D eigenvalue weighted by molar-refractivity contribution is -0.385. The topological polar surface area (TPSA) is 95.3 Å². The number of nitrogens with one attached hydrogen (secondary N) is 1. The highest BCUT2D eigenvalue weighted by Crippen LogP contribution is 2.22. The Morgan fingerprint density at radius 2 is 2.19 bits per heavy atom. The minimum Gasteiger partial charge on any atom is -0.549 e. The number of carboxylic acids is 1. The van der Waals surface area contributed by atoms with Crippen molar-refractivity contribution in [1.82, 2.24) is 5.32 Å². The van der Waals surface area contributed by atoms with E-state index in [9.17, 15) is 20.0 Å². The maximum Gasteiger partial charge on any atom is 0.275 e. The van der Waals surface area contributed by atoms with Gasteiger partial charge in [-0.3, -0.25) is 10.1 Å². The van der Waals surface area contributed by atoms with Gasteiger partial charge in [-0.25, -0.2) is 0 Å². The highest BCUT2D eigenvalue weighted by atomic mass is 35.5. The third kappa shape index (κ3) is 3.48. The summed E-state index contributed by atoms with van der Waals surface area (Å²) in [6.07, 6.45) is 0. The van der Waals surface area contributed by atoms with E-state index in [4.69, 9.17) is 11.6 Å². The molecule has 16 heavy (non-hydrogen) atoms. The van der Waals surface area contributed by atoms with Gasteiger partial charge in [-0.05, 0) is 12.1 Å². The van der Waals surface area contributed by atoms with Crippen molar-refractivity contribution in [3.8, 4) is 0 Å². The minimum absolute atomic E-state index is 0.0709. The molecule has 0 unspecified atom stereocenters. The van der Waals surface area contributed by atoms with Crippen molar-refractivity contribution in [2.24, 2.45) is 0 Å². The first-order valence-corrected chi connectivity index (χ1v) is 4.72. The Labute approximate surface area is 96.0 Å². The Morgan fingerprint density at radius 3 is 2.75 bits per heavy atom. The molecule has 0 atom stereocenters. The summed E-state index contributed by atoms with van der Waals surface area (Å²) in [6.45, 7) is -0.290. The zero-order valence-electron chi connectivity index (χ0n) is 8.10. The number of nitro groups is 1. The molecule has 7 heteroatoms. The predicted molar refractivity (Wildman–Crippen MR) is 54.8 cm³/mol. The molecular weight excluding hydrogens is 236 g/mol. The first-order chi connectivity index (χ1) is 7.50. The molecule has 1 rings (SSSR count). The largest absolute Gasteiger partial charge is 0.549 e. The van der Waals surface area contributed by atoms with Crippen LogP contribution in [0.2, 0.25) is 5.02 Å². The average molecular weight is 244 g/mol. The van der Waals surface area contributed by atoms with E-state index in [0.717, 1.165) is 0 Å². The van der Waals surface area contributed by atoms with Gasteiger partial charge in [0.25, 0.3) is 5.69 Å². The number of carboxylic acid groups (broad SMARTS) is 1. The molecule has 0 aromatic heterocycles. The molecule has 0 spiro atoms. The van der Waals surface area contributed by atoms with Crippen molar-refractivity contribution in [3.05, 3.63) is 38.9 Å². The van der Waals surface area contributed by atoms with Gasteiger partial charge in [-0.15, -0.1) is 0 Å². The van der Waals surface area contributed by atoms with E-state index >= 15 is 0 Å². The maximum atomic E-state index is 10.7. The molecule has 1 aromatic carbocycles. The second-order valence-electron chi connectivity index (χ2n) is 3.01. The molecule has 0 saturated heterocycles. The Bertz CT molecular complexity index is 422. The minimum atomic E-state index is -1.27. The smallest absolute Gasteiger partial charge is 0.275 e. The SMILES string of the molecule is O=C([O-])CNCc1ccc(Cl)cc1[N+](=O)[O-]. The van der Waals surface area contributed by atoms with Crippen LogP contribution in [-0.4, -0.2) is 17.4 Å². The van der Waals surface area contributed by atoms with Crippen molar-refractivity contribution in [2.45, 2.75) is 6.54 Å². The molecular formula is C9H8ClN2O4-. The van der Waals surface area contributed by atoms with Crippen LogP contribution in [0.5, 0.6) is 0 Å². The van der Waals surface area contributed by atoms with Gasteiger partial charge in [0, 0.05) is 29.7 Å². The Kier molecular flexibility index (Phi) is 4.21. The van der Waals surface area contributed by atoms with Crippen LogP contribution in [0.4, 0.5) is 5.69 Å². The summed E-state index contributed by atoms with van der Waals surface area (Å²) in [7, 11) is 0. The summed E-state index contributed by atoms with van der Waals surface area (Å²) in [5.41, 5.74) is 0.231. The van der Waals surface area contributed by atoms with Crippen LogP contribution in [0.3, 0.4) is 0 Å². The van der Waals surface area contributed by atoms with Crippen LogP contribution >= 0.6 is 11.6 Å². The number of hydrogen-bond acceptors (Lipinski definition) is 5. The zero-order valence-corrected chi connectivity index (χ0v) is 8.86. The zero-order chi connectivity index (χ0) is 12.1. The van der Waals surface area contributed by atoms with Gasteiger partial charge in [-0.2, -0.15) is 0 Å². The molecule has 0 amide bonds. The van der Waals surface area contributed by atoms with Crippen molar-refractivity contribution >= 4 is 23.3 Å². The van der Waals surface area contributed by atoms with Gasteiger partial charge in [0.05, 0.1) is 10.9 Å². The Hall–Kier alpha value is -1.66. The van der Waals surface area contributed by atoms with Gasteiger partial charge < -0.3 is 15.2 Å². The third-order valence-corrected chi connectivity index (χ3v) is 2.06. The molecule has 0 fully saturated rings. The monoisotopic (exact) mass is 243 g/mol. The van der Waals surface area contributed by atoms with E-state index < -0.39 is 10.9 Å². The lowest BCUT2D eigenvalue weighted by Gasteiger charge is -2.06. The highest BCUT2D eigenvalue weighted by molar-refractivity contribution is 6.30. The number of carbonyl (C=O) groups excluding carboxylic acids is 1. The fraction of sp³-hybridized carbons (Fsp3) is 0.222. The van der Waals surface area contributed by atoms with Crippen LogP contribution in [0.15, 0.2) is 18.2 Å². The molecule has 0 saturated carbocycles. The summed E-state index contributed by atoms with van der Waals surface area (Å²) in [4.78, 5) is 20.2. The maximum absolute atomic E-state index is 10.7. The van der Waals surface area contributed by atoms with Gasteiger partial charge in [0.2, 0.25) is 0 Å². The number of nitrogens with zero attached hydrogens (tertiary/aromatic N) is 1. The molecule has 0 aliphatic rings. The van der Waals surface area contributed by atoms with Gasteiger partial charge >= 0.3 is 0 Å². The number of carbonyl (C=O) groups is 1. The van der Waals surface area contributed by atoms with Crippen LogP contribution in [0, 0.1) is 10.1 Å². The van der Waals surface area contributed by atoms with Crippen LogP contribution in [-0.2, 0) is 11.3 Å². The molecule has 1 N–H and O–H groups in total. The van der Waals surface area contributed by atoms with E-state index in [-0.39, 0.29) is 23.8 Å². The van der Waals surface area contributed by atoms with E-state index in [1.165, 1.54) is 18.2 Å². The fourth-order valence-electron chi connectivity index (χ4n) is 1.16. The lowest BCUT2D eigenvalue weighted by Crippen LogP contribution is -2.34. The van der Waals surface area contributed by atoms with E-state index in [1.54, 1.807) is 0 Å². The molecule has 0 aliphatic heterocycles. The van der Waals surface area contributed by atoms with Gasteiger partial charge in [0.15, 0.2) is 0 Å². The second kappa shape index (κ2) is 5.43. The van der Waals surface area contributed by atoms with E-state index in [0.29, 0.717) is 5.56 Å². The molecule has 0 bridgehead atoms. The summed E-state index contributed by atoms with van der Waals surface area (Å²) in [5, 5.41) is 23.6. The second-order valence-corrected chi connectivity index (χ2v) is 3.44. The van der Waals surface area contributed by atoms with E-state index in [1.807, 2.05) is 0 Å². The third-order valence-electron chi connectivity index (χ3n) is 1.83. The first kappa shape index (κ1) is 12.4. The number of aliphatic carboxylic acids is 1. The summed E-state index contributed by atoms with van der Waals surface area (Å²) >= 11 is 5.62. The average Bonchev–Trinajstić information content (AvgIpc) is 2.19. The number of hydrogen-bond donors (Lipinski definition) is 1. The number of nitro benzene ring substituents is 1. The fourth-order valence-corrected chi connectivity index (χ4v) is 1.32. The van der Waals surface area contributed by atoms with Gasteiger partial charge in [0.1, 0.15) is 0 Å². The molecule has 6 nitrogen and oxygen atoms in total. The van der Waals surface area contributed by atoms with Crippen molar-refractivity contribution in [1.29, 1.82) is 0 Å². The normalized spacial score (nSPS) is 10.1. The van der Waals surface area contributed by atoms with Crippen LogP contribution < -0.4 is 10.4 Å². The molecule has 0 aliphatic carbocycles. The number of rotatable bonds is 5. The first-order valence-electron chi connectivity index (χ1n) is 4.34. The number of benzene rings is 1. The van der Waals surface area contributed by atoms with E-state index in [2.05, 4.69) is 5.32 Å². The lowest BCUT2D eigenvalue weighted by atomic mass is 10.2. The highest BCUT2D eigenvalue weighted by Gasteiger charge is 2.13. The molecule has 1 aromatic rings. The standard InChI is InChI=1S/C9H9ClN2O4/c10-7-2-1-6(4-11-5-9(13)14)8(3-7)12(15)16/h1-3,11H,4-5H2,(H,13,14)/p-1. The van der Waals surface area contributed by atoms with Crippen LogP contribution in [0.1, 0.15) is 5.56 Å². The summed E-state index contributed by atoms with van der Waals surface area (Å²) in [6, 6.07) is 4.20. The Morgan fingerprint density at radius 1 is 1.50 bits per heavy atom. The summed E-state index contributed by atoms with van der Waals surface area (Å²) < 4.78 is 0. The van der Waals surface area contributed by atoms with Crippen molar-refractivity contribution in [3.63, 3.8) is 0 Å². The molecule has 0 radical (unpaired) electrons. The van der Waals surface area contributed by atoms with Crippen molar-refractivity contribution < 1.29 is 14.8 Å². The van der Waals surface area contributed by atoms with Crippen molar-refractivity contribution in [2.75, 3.05) is 6.54 Å². The molecule has 86 valence electrons.